The van der Waals surface area contributed by atoms with E-state index >= 15 is 0 Å². The molecule has 0 radical (unpaired) electrons. The van der Waals surface area contributed by atoms with E-state index in [0.717, 1.165) is 51.3 Å². The molecule has 0 bridgehead atoms. The molecule has 1 aromatic carbocycles. The number of fused-ring (bicyclic) bond motifs is 1. The maximum Gasteiger partial charge on any atom is 0.261 e. The van der Waals surface area contributed by atoms with Gasteiger partial charge in [0.1, 0.15) is 5.82 Å². The maximum atomic E-state index is 13.1. The zero-order valence-corrected chi connectivity index (χ0v) is 16.6. The quantitative estimate of drug-likeness (QED) is 0.813. The summed E-state index contributed by atoms with van der Waals surface area (Å²) >= 11 is 0. The molecule has 2 aromatic rings. The van der Waals surface area contributed by atoms with Gasteiger partial charge in [0.05, 0.1) is 28.6 Å². The van der Waals surface area contributed by atoms with Crippen LogP contribution in [0.3, 0.4) is 0 Å². The molecule has 0 saturated carbocycles. The second-order valence-corrected chi connectivity index (χ2v) is 7.36. The van der Waals surface area contributed by atoms with Crippen molar-refractivity contribution in [1.82, 2.24) is 19.4 Å². The molecule has 1 atom stereocenters. The molecule has 0 N–H and O–H groups in total. The maximum absolute atomic E-state index is 13.1. The van der Waals surface area contributed by atoms with Crippen LogP contribution < -0.4 is 5.56 Å². The monoisotopic (exact) mass is 367 g/mol. The van der Waals surface area contributed by atoms with Crippen LogP contribution in [-0.2, 0) is 6.54 Å². The third-order valence-corrected chi connectivity index (χ3v) is 5.48. The van der Waals surface area contributed by atoms with Crippen LogP contribution in [0.2, 0.25) is 0 Å². The van der Waals surface area contributed by atoms with E-state index in [1.807, 2.05) is 6.92 Å². The van der Waals surface area contributed by atoms with Crippen LogP contribution in [0.1, 0.15) is 50.5 Å². The van der Waals surface area contributed by atoms with Gasteiger partial charge in [-0.15, -0.1) is 0 Å². The highest BCUT2D eigenvalue weighted by atomic mass is 16.1. The number of rotatable bonds is 5. The number of hydrogen-bond donors (Lipinski definition) is 0. The van der Waals surface area contributed by atoms with Crippen LogP contribution in [0.5, 0.6) is 0 Å². The predicted molar refractivity (Wildman–Crippen MR) is 108 cm³/mol. The van der Waals surface area contributed by atoms with Gasteiger partial charge < -0.3 is 4.90 Å². The SMILES string of the molecule is CCCC(c1nc2ccc(C#N)cc2c(=O)n1CC)N1CCCN(C)CC1. The number of aromatic nitrogens is 2. The molecule has 1 fully saturated rings. The molecule has 1 aromatic heterocycles. The van der Waals surface area contributed by atoms with Crippen molar-refractivity contribution in [2.45, 2.75) is 45.7 Å². The number of nitriles is 1. The highest BCUT2D eigenvalue weighted by molar-refractivity contribution is 5.79. The first-order valence-electron chi connectivity index (χ1n) is 9.96. The molecule has 1 aliphatic heterocycles. The fourth-order valence-corrected chi connectivity index (χ4v) is 3.99. The third kappa shape index (κ3) is 4.05. The first-order chi connectivity index (χ1) is 13.1. The Hall–Kier alpha value is -2.23. The minimum Gasteiger partial charge on any atom is -0.305 e. The number of benzene rings is 1. The van der Waals surface area contributed by atoms with Gasteiger partial charge in [-0.25, -0.2) is 4.98 Å². The molecule has 6 heteroatoms. The first-order valence-corrected chi connectivity index (χ1v) is 9.96. The Morgan fingerprint density at radius 1 is 1.22 bits per heavy atom. The van der Waals surface area contributed by atoms with Gasteiger partial charge >= 0.3 is 0 Å². The van der Waals surface area contributed by atoms with Gasteiger partial charge in [0.15, 0.2) is 0 Å². The summed E-state index contributed by atoms with van der Waals surface area (Å²) < 4.78 is 1.80. The van der Waals surface area contributed by atoms with Gasteiger partial charge in [0.25, 0.3) is 5.56 Å². The van der Waals surface area contributed by atoms with Gasteiger partial charge in [-0.2, -0.15) is 5.26 Å². The third-order valence-electron chi connectivity index (χ3n) is 5.48. The van der Waals surface area contributed by atoms with Crippen molar-refractivity contribution in [2.24, 2.45) is 0 Å². The molecule has 3 rings (SSSR count). The van der Waals surface area contributed by atoms with E-state index < -0.39 is 0 Å². The summed E-state index contributed by atoms with van der Waals surface area (Å²) in [7, 11) is 2.17. The molecule has 0 spiro atoms. The van der Waals surface area contributed by atoms with Gasteiger partial charge in [-0.1, -0.05) is 13.3 Å². The molecule has 0 aliphatic carbocycles. The van der Waals surface area contributed by atoms with E-state index in [-0.39, 0.29) is 11.6 Å². The molecular formula is C21H29N5O. The molecule has 0 amide bonds. The summed E-state index contributed by atoms with van der Waals surface area (Å²) in [5, 5.41) is 9.69. The van der Waals surface area contributed by atoms with Crippen molar-refractivity contribution in [3.8, 4) is 6.07 Å². The van der Waals surface area contributed by atoms with Crippen molar-refractivity contribution in [2.75, 3.05) is 33.2 Å². The summed E-state index contributed by atoms with van der Waals surface area (Å²) in [6, 6.07) is 7.47. The fraction of sp³-hybridized carbons (Fsp3) is 0.571. The van der Waals surface area contributed by atoms with E-state index in [4.69, 9.17) is 10.2 Å². The summed E-state index contributed by atoms with van der Waals surface area (Å²) in [6.45, 7) is 8.93. The summed E-state index contributed by atoms with van der Waals surface area (Å²) in [6.07, 6.45) is 3.16. The minimum atomic E-state index is -0.0392. The minimum absolute atomic E-state index is 0.0392. The summed E-state index contributed by atoms with van der Waals surface area (Å²) in [5.41, 5.74) is 1.15. The van der Waals surface area contributed by atoms with Crippen LogP contribution in [0.15, 0.2) is 23.0 Å². The molecule has 1 saturated heterocycles. The lowest BCUT2D eigenvalue weighted by atomic mass is 10.1. The van der Waals surface area contributed by atoms with Gasteiger partial charge in [0.2, 0.25) is 0 Å². The van der Waals surface area contributed by atoms with E-state index in [9.17, 15) is 4.79 Å². The Morgan fingerprint density at radius 3 is 2.74 bits per heavy atom. The standard InChI is InChI=1S/C21H29N5O/c1-4-7-19(25-11-6-10-24(3)12-13-25)20-23-18-9-8-16(15-22)14-17(18)21(27)26(20)5-2/h8-9,14,19H,4-7,10-13H2,1-3H3. The fourth-order valence-electron chi connectivity index (χ4n) is 3.99. The van der Waals surface area contributed by atoms with Gasteiger partial charge in [0, 0.05) is 26.2 Å². The molecule has 27 heavy (non-hydrogen) atoms. The average Bonchev–Trinajstić information content (AvgIpc) is 2.90. The Labute approximate surface area is 161 Å². The van der Waals surface area contributed by atoms with E-state index in [0.29, 0.717) is 23.0 Å². The predicted octanol–water partition coefficient (Wildman–Crippen LogP) is 2.77. The van der Waals surface area contributed by atoms with Gasteiger partial charge in [-0.3, -0.25) is 14.3 Å². The number of hydrogen-bond acceptors (Lipinski definition) is 5. The van der Waals surface area contributed by atoms with Crippen molar-refractivity contribution < 1.29 is 0 Å². The zero-order valence-electron chi connectivity index (χ0n) is 16.6. The zero-order chi connectivity index (χ0) is 19.4. The first kappa shape index (κ1) is 19.5. The normalized spacial score (nSPS) is 17.6. The van der Waals surface area contributed by atoms with Gasteiger partial charge in [-0.05, 0) is 51.6 Å². The van der Waals surface area contributed by atoms with E-state index in [1.54, 1.807) is 22.8 Å². The van der Waals surface area contributed by atoms with Crippen molar-refractivity contribution in [3.05, 3.63) is 39.9 Å². The molecule has 144 valence electrons. The lowest BCUT2D eigenvalue weighted by Gasteiger charge is -2.31. The molecule has 1 unspecified atom stereocenters. The smallest absolute Gasteiger partial charge is 0.261 e. The Bertz CT molecular complexity index is 898. The Kier molecular flexibility index (Phi) is 6.25. The summed E-state index contributed by atoms with van der Waals surface area (Å²) in [5.74, 6) is 0.867. The largest absolute Gasteiger partial charge is 0.305 e. The van der Waals surface area contributed by atoms with Crippen molar-refractivity contribution >= 4 is 10.9 Å². The second kappa shape index (κ2) is 8.64. The summed E-state index contributed by atoms with van der Waals surface area (Å²) in [4.78, 5) is 22.9. The van der Waals surface area contributed by atoms with E-state index in [1.165, 1.54) is 0 Å². The highest BCUT2D eigenvalue weighted by Crippen LogP contribution is 2.26. The molecule has 2 heterocycles. The topological polar surface area (TPSA) is 65.2 Å². The highest BCUT2D eigenvalue weighted by Gasteiger charge is 2.26. The molecular weight excluding hydrogens is 338 g/mol. The van der Waals surface area contributed by atoms with E-state index in [2.05, 4.69) is 29.8 Å². The van der Waals surface area contributed by atoms with Crippen LogP contribution >= 0.6 is 0 Å². The molecule has 1 aliphatic rings. The number of likely N-dealkylation sites (N-methyl/N-ethyl adjacent to an activating group) is 1. The Balaban J connectivity index is 2.11. The van der Waals surface area contributed by atoms with Crippen molar-refractivity contribution in [3.63, 3.8) is 0 Å². The van der Waals surface area contributed by atoms with Crippen LogP contribution in [0, 0.1) is 11.3 Å². The van der Waals surface area contributed by atoms with Crippen LogP contribution in [-0.4, -0.2) is 52.6 Å². The number of nitrogens with zero attached hydrogens (tertiary/aromatic N) is 5. The Morgan fingerprint density at radius 2 is 2.04 bits per heavy atom. The lowest BCUT2D eigenvalue weighted by Crippen LogP contribution is -2.37. The molecule has 6 nitrogen and oxygen atoms in total. The van der Waals surface area contributed by atoms with Crippen LogP contribution in [0.25, 0.3) is 10.9 Å². The van der Waals surface area contributed by atoms with Crippen molar-refractivity contribution in [1.29, 1.82) is 5.26 Å². The second-order valence-electron chi connectivity index (χ2n) is 7.36. The average molecular weight is 367 g/mol. The van der Waals surface area contributed by atoms with Crippen LogP contribution in [0.4, 0.5) is 0 Å². The lowest BCUT2D eigenvalue weighted by molar-refractivity contribution is 0.180.